The summed E-state index contributed by atoms with van der Waals surface area (Å²) in [7, 11) is -3.10. The highest BCUT2D eigenvalue weighted by atomic mass is 32.2. The van der Waals surface area contributed by atoms with Crippen LogP contribution in [0, 0.1) is 0 Å². The number of amides is 1. The topological polar surface area (TPSA) is 92.3 Å². The van der Waals surface area contributed by atoms with Crippen LogP contribution in [0.1, 0.15) is 29.3 Å². The second kappa shape index (κ2) is 7.82. The second-order valence-electron chi connectivity index (χ2n) is 6.30. The first-order valence-electron chi connectivity index (χ1n) is 8.60. The van der Waals surface area contributed by atoms with Gasteiger partial charge >= 0.3 is 0 Å². The molecule has 3 rings (SSSR count). The Bertz CT molecular complexity index is 854. The molecule has 2 aromatic rings. The lowest BCUT2D eigenvalue weighted by molar-refractivity contribution is 0.0680. The van der Waals surface area contributed by atoms with Crippen molar-refractivity contribution < 1.29 is 13.2 Å². The van der Waals surface area contributed by atoms with E-state index in [0.717, 1.165) is 5.56 Å². The number of nitrogens with one attached hydrogen (secondary N) is 1. The van der Waals surface area contributed by atoms with Gasteiger partial charge < -0.3 is 10.2 Å². The molecule has 1 amide bonds. The van der Waals surface area contributed by atoms with Gasteiger partial charge in [-0.05, 0) is 18.9 Å². The van der Waals surface area contributed by atoms with Gasteiger partial charge in [-0.3, -0.25) is 4.79 Å². The minimum Gasteiger partial charge on any atom is -0.355 e. The lowest BCUT2D eigenvalue weighted by Gasteiger charge is -2.28. The molecule has 1 aliphatic heterocycles. The summed E-state index contributed by atoms with van der Waals surface area (Å²) in [5.74, 6) is 0.328. The number of carbonyl (C=O) groups is 1. The summed E-state index contributed by atoms with van der Waals surface area (Å²) in [5.41, 5.74) is 1.31. The fourth-order valence-electron chi connectivity index (χ4n) is 3.02. The van der Waals surface area contributed by atoms with Gasteiger partial charge in [-0.2, -0.15) is 0 Å². The van der Waals surface area contributed by atoms with Gasteiger partial charge in [0.2, 0.25) is 5.95 Å². The van der Waals surface area contributed by atoms with E-state index in [2.05, 4.69) is 15.3 Å². The molecule has 7 nitrogen and oxygen atoms in total. The zero-order valence-electron chi connectivity index (χ0n) is 14.6. The second-order valence-corrected chi connectivity index (χ2v) is 8.53. The third-order valence-electron chi connectivity index (χ3n) is 4.34. The predicted octanol–water partition coefficient (Wildman–Crippen LogP) is 1.74. The smallest absolute Gasteiger partial charge is 0.257 e. The van der Waals surface area contributed by atoms with E-state index in [1.165, 1.54) is 12.4 Å². The molecule has 0 aliphatic carbocycles. The van der Waals surface area contributed by atoms with E-state index in [9.17, 15) is 13.2 Å². The lowest BCUT2D eigenvalue weighted by Crippen LogP contribution is -2.40. The van der Waals surface area contributed by atoms with Crippen molar-refractivity contribution in [1.29, 1.82) is 0 Å². The van der Waals surface area contributed by atoms with Crippen molar-refractivity contribution in [3.8, 4) is 0 Å². The molecule has 1 aromatic carbocycles. The summed E-state index contributed by atoms with van der Waals surface area (Å²) >= 11 is 0. The summed E-state index contributed by atoms with van der Waals surface area (Å²) in [6, 6.07) is 9.22. The Balaban J connectivity index is 1.85. The molecule has 1 fully saturated rings. The average Bonchev–Trinajstić information content (AvgIpc) is 3.00. The normalized spacial score (nSPS) is 18.4. The number of carbonyl (C=O) groups excluding carboxylic acids is 1. The van der Waals surface area contributed by atoms with Crippen molar-refractivity contribution in [2.75, 3.05) is 23.4 Å². The molecule has 1 atom stereocenters. The molecular formula is C18H22N4O3S. The first kappa shape index (κ1) is 18.3. The van der Waals surface area contributed by atoms with E-state index in [0.29, 0.717) is 31.0 Å². The molecule has 1 aliphatic rings. The fourth-order valence-corrected chi connectivity index (χ4v) is 4.75. The SMILES string of the molecule is CCNc1ncc(C(=O)N(Cc2ccccc2)C2CCS(=O)(=O)C2)cn1. The number of nitrogens with zero attached hydrogens (tertiary/aromatic N) is 3. The van der Waals surface area contributed by atoms with Crippen molar-refractivity contribution in [2.45, 2.75) is 25.9 Å². The quantitative estimate of drug-likeness (QED) is 0.828. The van der Waals surface area contributed by atoms with Gasteiger partial charge in [-0.15, -0.1) is 0 Å². The van der Waals surface area contributed by atoms with Gasteiger partial charge in [0.15, 0.2) is 9.84 Å². The van der Waals surface area contributed by atoms with E-state index in [1.54, 1.807) is 4.90 Å². The fraction of sp³-hybridized carbons (Fsp3) is 0.389. The molecule has 1 saturated heterocycles. The molecule has 0 spiro atoms. The van der Waals surface area contributed by atoms with Gasteiger partial charge in [0.25, 0.3) is 5.91 Å². The maximum atomic E-state index is 13.0. The molecule has 0 bridgehead atoms. The van der Waals surface area contributed by atoms with Gasteiger partial charge in [-0.25, -0.2) is 18.4 Å². The first-order chi connectivity index (χ1) is 12.5. The van der Waals surface area contributed by atoms with Crippen LogP contribution in [0.5, 0.6) is 0 Å². The third kappa shape index (κ3) is 4.37. The van der Waals surface area contributed by atoms with Crippen LogP contribution in [0.15, 0.2) is 42.7 Å². The number of sulfone groups is 1. The third-order valence-corrected chi connectivity index (χ3v) is 6.09. The van der Waals surface area contributed by atoms with Crippen LogP contribution < -0.4 is 5.32 Å². The zero-order chi connectivity index (χ0) is 18.6. The molecule has 0 radical (unpaired) electrons. The van der Waals surface area contributed by atoms with E-state index >= 15 is 0 Å². The predicted molar refractivity (Wildman–Crippen MR) is 99.6 cm³/mol. The van der Waals surface area contributed by atoms with E-state index < -0.39 is 9.84 Å². The number of aromatic nitrogens is 2. The largest absolute Gasteiger partial charge is 0.355 e. The summed E-state index contributed by atoms with van der Waals surface area (Å²) in [6.07, 6.45) is 3.42. The average molecular weight is 374 g/mol. The highest BCUT2D eigenvalue weighted by molar-refractivity contribution is 7.91. The Hall–Kier alpha value is -2.48. The van der Waals surface area contributed by atoms with E-state index in [-0.39, 0.29) is 23.5 Å². The first-order valence-corrected chi connectivity index (χ1v) is 10.4. The summed E-state index contributed by atoms with van der Waals surface area (Å²) < 4.78 is 23.8. The van der Waals surface area contributed by atoms with Crippen LogP contribution >= 0.6 is 0 Å². The molecule has 1 N–H and O–H groups in total. The molecular weight excluding hydrogens is 352 g/mol. The minimum absolute atomic E-state index is 0.00189. The van der Waals surface area contributed by atoms with Crippen LogP contribution in [-0.2, 0) is 16.4 Å². The Labute approximate surface area is 153 Å². The Morgan fingerprint density at radius 1 is 1.23 bits per heavy atom. The van der Waals surface area contributed by atoms with E-state index in [4.69, 9.17) is 0 Å². The minimum atomic E-state index is -3.10. The van der Waals surface area contributed by atoms with Gasteiger partial charge in [0, 0.05) is 31.5 Å². The van der Waals surface area contributed by atoms with Gasteiger partial charge in [0.1, 0.15) is 0 Å². The number of benzene rings is 1. The van der Waals surface area contributed by atoms with Crippen molar-refractivity contribution in [1.82, 2.24) is 14.9 Å². The van der Waals surface area contributed by atoms with Gasteiger partial charge in [0.05, 0.1) is 17.1 Å². The van der Waals surface area contributed by atoms with Crippen LogP contribution in [0.25, 0.3) is 0 Å². The van der Waals surface area contributed by atoms with Crippen LogP contribution in [0.3, 0.4) is 0 Å². The van der Waals surface area contributed by atoms with Crippen molar-refractivity contribution in [3.05, 3.63) is 53.9 Å². The lowest BCUT2D eigenvalue weighted by atomic mass is 10.1. The molecule has 2 heterocycles. The van der Waals surface area contributed by atoms with E-state index in [1.807, 2.05) is 37.3 Å². The highest BCUT2D eigenvalue weighted by Gasteiger charge is 2.35. The Morgan fingerprint density at radius 3 is 2.50 bits per heavy atom. The molecule has 26 heavy (non-hydrogen) atoms. The molecule has 1 unspecified atom stereocenters. The Morgan fingerprint density at radius 2 is 1.92 bits per heavy atom. The standard InChI is InChI=1S/C18H22N4O3S/c1-2-19-18-20-10-15(11-21-18)17(23)22(12-14-6-4-3-5-7-14)16-8-9-26(24,25)13-16/h3-7,10-11,16H,2,8-9,12-13H2,1H3,(H,19,20,21). The van der Waals surface area contributed by atoms with Crippen LogP contribution in [0.4, 0.5) is 5.95 Å². The Kier molecular flexibility index (Phi) is 5.51. The molecule has 8 heteroatoms. The number of anilines is 1. The summed E-state index contributed by atoms with van der Waals surface area (Å²) in [5, 5.41) is 2.98. The van der Waals surface area contributed by atoms with Crippen molar-refractivity contribution in [3.63, 3.8) is 0 Å². The summed E-state index contributed by atoms with van der Waals surface area (Å²) in [4.78, 5) is 23.0. The maximum Gasteiger partial charge on any atom is 0.257 e. The number of rotatable bonds is 6. The molecule has 1 aromatic heterocycles. The van der Waals surface area contributed by atoms with Crippen molar-refractivity contribution >= 4 is 21.7 Å². The van der Waals surface area contributed by atoms with Crippen LogP contribution in [0.2, 0.25) is 0 Å². The van der Waals surface area contributed by atoms with Gasteiger partial charge in [-0.1, -0.05) is 30.3 Å². The monoisotopic (exact) mass is 374 g/mol. The number of hydrogen-bond acceptors (Lipinski definition) is 6. The summed E-state index contributed by atoms with van der Waals surface area (Å²) in [6.45, 7) is 2.98. The highest BCUT2D eigenvalue weighted by Crippen LogP contribution is 2.22. The molecule has 138 valence electrons. The van der Waals surface area contributed by atoms with Crippen LogP contribution in [-0.4, -0.2) is 53.3 Å². The van der Waals surface area contributed by atoms with Crippen molar-refractivity contribution in [2.24, 2.45) is 0 Å². The molecule has 0 saturated carbocycles. The maximum absolute atomic E-state index is 13.0. The zero-order valence-corrected chi connectivity index (χ0v) is 15.4. The number of hydrogen-bond donors (Lipinski definition) is 1.